The van der Waals surface area contributed by atoms with Gasteiger partial charge in [0.1, 0.15) is 5.60 Å². The van der Waals surface area contributed by atoms with E-state index in [9.17, 15) is 4.79 Å². The van der Waals surface area contributed by atoms with Gasteiger partial charge in [-0.3, -0.25) is 4.79 Å². The minimum Gasteiger partial charge on any atom is -0.460 e. The molecule has 0 saturated heterocycles. The zero-order chi connectivity index (χ0) is 13.8. The first-order chi connectivity index (χ1) is 8.31. The number of rotatable bonds is 4. The molecular weight excluding hydrogens is 230 g/mol. The summed E-state index contributed by atoms with van der Waals surface area (Å²) < 4.78 is 5.24. The Morgan fingerprint density at radius 1 is 1.33 bits per heavy atom. The predicted octanol–water partition coefficient (Wildman–Crippen LogP) is 1.56. The highest BCUT2D eigenvalue weighted by Gasteiger charge is 2.16. The van der Waals surface area contributed by atoms with Crippen LogP contribution in [0, 0.1) is 0 Å². The quantitative estimate of drug-likeness (QED) is 0.797. The van der Waals surface area contributed by atoms with Crippen molar-refractivity contribution in [1.82, 2.24) is 0 Å². The van der Waals surface area contributed by atoms with Gasteiger partial charge in [0.05, 0.1) is 19.1 Å². The molecule has 0 unspecified atom stereocenters. The summed E-state index contributed by atoms with van der Waals surface area (Å²) in [6, 6.07) is 6.92. The third kappa shape index (κ3) is 4.85. The normalized spacial score (nSPS) is 13.2. The molecule has 0 aliphatic heterocycles. The fourth-order valence-electron chi connectivity index (χ4n) is 1.53. The lowest BCUT2D eigenvalue weighted by atomic mass is 10.0. The molecule has 0 saturated carbocycles. The number of aliphatic hydroxyl groups excluding tert-OH is 1. The van der Waals surface area contributed by atoms with Crippen molar-refractivity contribution in [3.05, 3.63) is 35.4 Å². The monoisotopic (exact) mass is 251 g/mol. The highest BCUT2D eigenvalue weighted by molar-refractivity contribution is 5.73. The number of aliphatic hydroxyl groups is 1. The fraction of sp³-hybridized carbons (Fsp3) is 0.500. The van der Waals surface area contributed by atoms with Crippen LogP contribution in [0.4, 0.5) is 0 Å². The summed E-state index contributed by atoms with van der Waals surface area (Å²) in [4.78, 5) is 11.6. The van der Waals surface area contributed by atoms with Crippen molar-refractivity contribution in [3.8, 4) is 0 Å². The molecule has 0 aliphatic carbocycles. The van der Waals surface area contributed by atoms with E-state index in [-0.39, 0.29) is 25.0 Å². The van der Waals surface area contributed by atoms with E-state index in [1.165, 1.54) is 0 Å². The van der Waals surface area contributed by atoms with E-state index >= 15 is 0 Å². The molecule has 1 aromatic carbocycles. The Morgan fingerprint density at radius 3 is 2.33 bits per heavy atom. The minimum atomic E-state index is -0.462. The molecule has 0 spiro atoms. The Balaban J connectivity index is 2.61. The molecule has 0 radical (unpaired) electrons. The highest BCUT2D eigenvalue weighted by Crippen LogP contribution is 2.13. The van der Waals surface area contributed by atoms with Crippen LogP contribution in [0.1, 0.15) is 37.9 Å². The first kappa shape index (κ1) is 14.7. The molecule has 100 valence electrons. The maximum atomic E-state index is 11.6. The predicted molar refractivity (Wildman–Crippen MR) is 70.0 cm³/mol. The second kappa shape index (κ2) is 5.98. The molecule has 0 aromatic heterocycles. The van der Waals surface area contributed by atoms with Crippen LogP contribution < -0.4 is 5.73 Å². The van der Waals surface area contributed by atoms with E-state index in [0.717, 1.165) is 11.1 Å². The summed E-state index contributed by atoms with van der Waals surface area (Å²) >= 11 is 0. The third-order valence-electron chi connectivity index (χ3n) is 2.37. The first-order valence-corrected chi connectivity index (χ1v) is 5.99. The van der Waals surface area contributed by atoms with E-state index in [4.69, 9.17) is 15.6 Å². The molecule has 1 aromatic rings. The number of nitrogens with two attached hydrogens (primary N) is 1. The molecule has 0 heterocycles. The van der Waals surface area contributed by atoms with Gasteiger partial charge in [-0.25, -0.2) is 0 Å². The fourth-order valence-corrected chi connectivity index (χ4v) is 1.53. The van der Waals surface area contributed by atoms with Gasteiger partial charge in [-0.1, -0.05) is 24.3 Å². The number of esters is 1. The molecule has 0 fully saturated rings. The van der Waals surface area contributed by atoms with Gasteiger partial charge >= 0.3 is 5.97 Å². The van der Waals surface area contributed by atoms with Crippen LogP contribution in [0.2, 0.25) is 0 Å². The molecule has 0 aliphatic rings. The van der Waals surface area contributed by atoms with Crippen LogP contribution in [0.25, 0.3) is 0 Å². The van der Waals surface area contributed by atoms with Crippen LogP contribution in [0.15, 0.2) is 24.3 Å². The second-order valence-corrected chi connectivity index (χ2v) is 5.29. The lowest BCUT2D eigenvalue weighted by Gasteiger charge is -2.19. The van der Waals surface area contributed by atoms with Gasteiger partial charge < -0.3 is 15.6 Å². The van der Waals surface area contributed by atoms with Crippen LogP contribution in [0.3, 0.4) is 0 Å². The van der Waals surface area contributed by atoms with Gasteiger partial charge in [0.25, 0.3) is 0 Å². The largest absolute Gasteiger partial charge is 0.460 e. The van der Waals surface area contributed by atoms with Crippen molar-refractivity contribution < 1.29 is 14.6 Å². The van der Waals surface area contributed by atoms with Crippen LogP contribution >= 0.6 is 0 Å². The molecule has 0 bridgehead atoms. The highest BCUT2D eigenvalue weighted by atomic mass is 16.6. The van der Waals surface area contributed by atoms with Crippen LogP contribution in [0.5, 0.6) is 0 Å². The zero-order valence-electron chi connectivity index (χ0n) is 11.1. The Hall–Kier alpha value is -1.39. The van der Waals surface area contributed by atoms with Crippen molar-refractivity contribution in [1.29, 1.82) is 0 Å². The number of benzene rings is 1. The van der Waals surface area contributed by atoms with Gasteiger partial charge in [0, 0.05) is 0 Å². The first-order valence-electron chi connectivity index (χ1n) is 5.99. The smallest absolute Gasteiger partial charge is 0.310 e. The molecule has 1 rings (SSSR count). The van der Waals surface area contributed by atoms with Crippen molar-refractivity contribution in [2.45, 2.75) is 38.8 Å². The van der Waals surface area contributed by atoms with Crippen LogP contribution in [-0.4, -0.2) is 23.3 Å². The molecule has 4 nitrogen and oxygen atoms in total. The van der Waals surface area contributed by atoms with E-state index in [2.05, 4.69) is 0 Å². The average molecular weight is 251 g/mol. The Kier molecular flexibility index (Phi) is 4.87. The SMILES string of the molecule is CC(C)(C)OC(=O)Cc1ccc([C@H](N)CO)cc1. The second-order valence-electron chi connectivity index (χ2n) is 5.29. The molecule has 18 heavy (non-hydrogen) atoms. The van der Waals surface area contributed by atoms with Crippen LogP contribution in [-0.2, 0) is 16.0 Å². The van der Waals surface area contributed by atoms with E-state index in [1.807, 2.05) is 45.0 Å². The maximum absolute atomic E-state index is 11.6. The third-order valence-corrected chi connectivity index (χ3v) is 2.37. The summed E-state index contributed by atoms with van der Waals surface area (Å²) in [6.45, 7) is 5.43. The van der Waals surface area contributed by atoms with Crippen molar-refractivity contribution in [2.75, 3.05) is 6.61 Å². The summed E-state index contributed by atoms with van der Waals surface area (Å²) in [5.41, 5.74) is 6.95. The van der Waals surface area contributed by atoms with Gasteiger partial charge in [-0.15, -0.1) is 0 Å². The maximum Gasteiger partial charge on any atom is 0.310 e. The number of carbonyl (C=O) groups excluding carboxylic acids is 1. The molecule has 4 heteroatoms. The number of carbonyl (C=O) groups is 1. The summed E-state index contributed by atoms with van der Waals surface area (Å²) in [5, 5.41) is 8.93. The van der Waals surface area contributed by atoms with Gasteiger partial charge in [0.2, 0.25) is 0 Å². The van der Waals surface area contributed by atoms with Crippen molar-refractivity contribution in [2.24, 2.45) is 5.73 Å². The topological polar surface area (TPSA) is 72.5 Å². The Bertz CT molecular complexity index is 392. The summed E-state index contributed by atoms with van der Waals surface area (Å²) in [6.07, 6.45) is 0.242. The van der Waals surface area contributed by atoms with Crippen molar-refractivity contribution >= 4 is 5.97 Å². The average Bonchev–Trinajstić information content (AvgIpc) is 2.26. The number of hydrogen-bond acceptors (Lipinski definition) is 4. The summed E-state index contributed by atoms with van der Waals surface area (Å²) in [7, 11) is 0. The number of ether oxygens (including phenoxy) is 1. The lowest BCUT2D eigenvalue weighted by Crippen LogP contribution is -2.24. The van der Waals surface area contributed by atoms with Gasteiger partial charge in [-0.2, -0.15) is 0 Å². The Labute approximate surface area is 108 Å². The minimum absolute atomic E-state index is 0.0919. The van der Waals surface area contributed by atoms with Gasteiger partial charge in [-0.05, 0) is 31.9 Å². The standard InChI is InChI=1S/C14H21NO3/c1-14(2,3)18-13(17)8-10-4-6-11(7-5-10)12(15)9-16/h4-7,12,16H,8-9,15H2,1-3H3/t12-/m1/s1. The van der Waals surface area contributed by atoms with E-state index in [1.54, 1.807) is 0 Å². The van der Waals surface area contributed by atoms with Gasteiger partial charge in [0.15, 0.2) is 0 Å². The Morgan fingerprint density at radius 2 is 1.89 bits per heavy atom. The summed E-state index contributed by atoms with van der Waals surface area (Å²) in [5.74, 6) is -0.248. The van der Waals surface area contributed by atoms with Crippen molar-refractivity contribution in [3.63, 3.8) is 0 Å². The molecule has 1 atom stereocenters. The molecule has 0 amide bonds. The lowest BCUT2D eigenvalue weighted by molar-refractivity contribution is -0.153. The molecule has 3 N–H and O–H groups in total. The van der Waals surface area contributed by atoms with E-state index < -0.39 is 5.60 Å². The van der Waals surface area contributed by atoms with E-state index in [0.29, 0.717) is 0 Å². The molecular formula is C14H21NO3. The number of hydrogen-bond donors (Lipinski definition) is 2. The zero-order valence-corrected chi connectivity index (χ0v) is 11.1.